The highest BCUT2D eigenvalue weighted by molar-refractivity contribution is 5.61. The molecule has 1 atom stereocenters. The third-order valence-electron chi connectivity index (χ3n) is 5.25. The Morgan fingerprint density at radius 2 is 1.97 bits per heavy atom. The molecule has 0 amide bonds. The van der Waals surface area contributed by atoms with E-state index in [-0.39, 0.29) is 5.69 Å². The Hall–Kier alpha value is -3.48. The highest BCUT2D eigenvalue weighted by Crippen LogP contribution is 2.35. The minimum Gasteiger partial charge on any atom is -0.496 e. The van der Waals surface area contributed by atoms with Gasteiger partial charge in [0, 0.05) is 48.5 Å². The number of benzene rings is 2. The van der Waals surface area contributed by atoms with E-state index in [1.165, 1.54) is 17.7 Å². The van der Waals surface area contributed by atoms with E-state index in [1.54, 1.807) is 19.2 Å². The summed E-state index contributed by atoms with van der Waals surface area (Å²) in [5.74, 6) is 2.62. The Morgan fingerprint density at radius 1 is 1.14 bits per heavy atom. The fourth-order valence-corrected chi connectivity index (χ4v) is 3.83. The predicted molar refractivity (Wildman–Crippen MR) is 111 cm³/mol. The maximum absolute atomic E-state index is 11.1. The second kappa shape index (κ2) is 7.87. The summed E-state index contributed by atoms with van der Waals surface area (Å²) in [4.78, 5) is 22.2. The standard InChI is InChI=1S/C22H22N4O3/c1-15-12-21(24-22(23-15)16-6-5-7-18(13-16)26(27)28)25-11-10-17(14-25)19-8-3-4-9-20(19)29-2/h3-9,12-13,17H,10-11,14H2,1-2H3. The Balaban J connectivity index is 1.62. The maximum Gasteiger partial charge on any atom is 0.270 e. The van der Waals surface area contributed by atoms with Gasteiger partial charge < -0.3 is 9.64 Å². The molecule has 7 heteroatoms. The third kappa shape index (κ3) is 3.89. The zero-order valence-corrected chi connectivity index (χ0v) is 16.4. The number of aryl methyl sites for hydroxylation is 1. The Bertz CT molecular complexity index is 1050. The first-order valence-corrected chi connectivity index (χ1v) is 9.53. The molecule has 0 aliphatic carbocycles. The summed E-state index contributed by atoms with van der Waals surface area (Å²) in [6.45, 7) is 3.64. The van der Waals surface area contributed by atoms with Crippen molar-refractivity contribution in [1.82, 2.24) is 9.97 Å². The van der Waals surface area contributed by atoms with Crippen LogP contribution < -0.4 is 9.64 Å². The van der Waals surface area contributed by atoms with Crippen molar-refractivity contribution < 1.29 is 9.66 Å². The number of rotatable bonds is 5. The number of para-hydroxylation sites is 1. The summed E-state index contributed by atoms with van der Waals surface area (Å²) >= 11 is 0. The molecule has 1 aliphatic rings. The molecule has 1 aliphatic heterocycles. The highest BCUT2D eigenvalue weighted by atomic mass is 16.6. The number of anilines is 1. The van der Waals surface area contributed by atoms with Crippen molar-refractivity contribution in [2.75, 3.05) is 25.1 Å². The van der Waals surface area contributed by atoms with Crippen molar-refractivity contribution in [1.29, 1.82) is 0 Å². The van der Waals surface area contributed by atoms with Crippen LogP contribution in [0.25, 0.3) is 11.4 Å². The molecule has 4 rings (SSSR count). The van der Waals surface area contributed by atoms with Crippen molar-refractivity contribution >= 4 is 11.5 Å². The van der Waals surface area contributed by atoms with Crippen LogP contribution in [0, 0.1) is 17.0 Å². The molecule has 0 bridgehead atoms. The molecule has 0 spiro atoms. The Morgan fingerprint density at radius 3 is 2.76 bits per heavy atom. The van der Waals surface area contributed by atoms with E-state index in [9.17, 15) is 10.1 Å². The normalized spacial score (nSPS) is 16.1. The van der Waals surface area contributed by atoms with E-state index in [1.807, 2.05) is 31.2 Å². The van der Waals surface area contributed by atoms with Crippen LogP contribution in [0.3, 0.4) is 0 Å². The van der Waals surface area contributed by atoms with E-state index in [2.05, 4.69) is 16.0 Å². The lowest BCUT2D eigenvalue weighted by Gasteiger charge is -2.19. The second-order valence-electron chi connectivity index (χ2n) is 7.17. The molecule has 1 unspecified atom stereocenters. The smallest absolute Gasteiger partial charge is 0.270 e. The number of hydrogen-bond acceptors (Lipinski definition) is 6. The van der Waals surface area contributed by atoms with Crippen LogP contribution in [0.1, 0.15) is 23.6 Å². The lowest BCUT2D eigenvalue weighted by atomic mass is 9.97. The predicted octanol–water partition coefficient (Wildman–Crippen LogP) is 4.36. The molecule has 148 valence electrons. The SMILES string of the molecule is COc1ccccc1C1CCN(c2cc(C)nc(-c3cccc([N+](=O)[O-])c3)n2)C1. The molecular weight excluding hydrogens is 368 g/mol. The third-order valence-corrected chi connectivity index (χ3v) is 5.25. The van der Waals surface area contributed by atoms with Crippen molar-refractivity contribution in [3.05, 3.63) is 76.0 Å². The van der Waals surface area contributed by atoms with E-state index in [0.29, 0.717) is 17.3 Å². The summed E-state index contributed by atoms with van der Waals surface area (Å²) in [7, 11) is 1.70. The van der Waals surface area contributed by atoms with Crippen LogP contribution in [0.5, 0.6) is 5.75 Å². The van der Waals surface area contributed by atoms with E-state index < -0.39 is 4.92 Å². The molecule has 1 aromatic heterocycles. The van der Waals surface area contributed by atoms with Gasteiger partial charge in [-0.1, -0.05) is 30.3 Å². The highest BCUT2D eigenvalue weighted by Gasteiger charge is 2.27. The number of aromatic nitrogens is 2. The van der Waals surface area contributed by atoms with Gasteiger partial charge in [0.1, 0.15) is 11.6 Å². The lowest BCUT2D eigenvalue weighted by molar-refractivity contribution is -0.384. The fraction of sp³-hybridized carbons (Fsp3) is 0.273. The van der Waals surface area contributed by atoms with Gasteiger partial charge in [0.05, 0.1) is 12.0 Å². The topological polar surface area (TPSA) is 81.4 Å². The van der Waals surface area contributed by atoms with Gasteiger partial charge in [0.2, 0.25) is 0 Å². The van der Waals surface area contributed by atoms with Gasteiger partial charge in [-0.15, -0.1) is 0 Å². The van der Waals surface area contributed by atoms with Crippen molar-refractivity contribution in [3.63, 3.8) is 0 Å². The summed E-state index contributed by atoms with van der Waals surface area (Å²) in [6, 6.07) is 16.5. The summed E-state index contributed by atoms with van der Waals surface area (Å²) in [6.07, 6.45) is 1.01. The molecule has 1 fully saturated rings. The van der Waals surface area contributed by atoms with Gasteiger partial charge >= 0.3 is 0 Å². The first-order chi connectivity index (χ1) is 14.0. The van der Waals surface area contributed by atoms with Gasteiger partial charge in [-0.25, -0.2) is 9.97 Å². The first kappa shape index (κ1) is 18.9. The van der Waals surface area contributed by atoms with Gasteiger partial charge in [0.25, 0.3) is 5.69 Å². The van der Waals surface area contributed by atoms with E-state index in [0.717, 1.165) is 36.8 Å². The molecule has 29 heavy (non-hydrogen) atoms. The number of methoxy groups -OCH3 is 1. The lowest BCUT2D eigenvalue weighted by Crippen LogP contribution is -2.21. The van der Waals surface area contributed by atoms with Crippen molar-refractivity contribution in [2.24, 2.45) is 0 Å². The summed E-state index contributed by atoms with van der Waals surface area (Å²) < 4.78 is 5.53. The van der Waals surface area contributed by atoms with Crippen LogP contribution in [0.2, 0.25) is 0 Å². The Labute approximate surface area is 169 Å². The Kier molecular flexibility index (Phi) is 5.12. The number of non-ortho nitro benzene ring substituents is 1. The summed E-state index contributed by atoms with van der Waals surface area (Å²) in [5.41, 5.74) is 2.72. The number of ether oxygens (including phenoxy) is 1. The molecule has 2 heterocycles. The van der Waals surface area contributed by atoms with Gasteiger partial charge in [-0.2, -0.15) is 0 Å². The minimum atomic E-state index is -0.404. The van der Waals surface area contributed by atoms with Crippen molar-refractivity contribution in [2.45, 2.75) is 19.3 Å². The quantitative estimate of drug-likeness (QED) is 0.475. The van der Waals surface area contributed by atoms with Crippen LogP contribution in [-0.4, -0.2) is 35.1 Å². The minimum absolute atomic E-state index is 0.0339. The molecule has 1 saturated heterocycles. The molecule has 0 saturated carbocycles. The van der Waals surface area contributed by atoms with E-state index in [4.69, 9.17) is 9.72 Å². The average molecular weight is 390 g/mol. The van der Waals surface area contributed by atoms with Crippen LogP contribution in [0.15, 0.2) is 54.6 Å². The zero-order valence-electron chi connectivity index (χ0n) is 16.4. The zero-order chi connectivity index (χ0) is 20.4. The maximum atomic E-state index is 11.1. The van der Waals surface area contributed by atoms with Crippen LogP contribution in [0.4, 0.5) is 11.5 Å². The number of hydrogen-bond donors (Lipinski definition) is 0. The molecular formula is C22H22N4O3. The number of nitro benzene ring substituents is 1. The molecule has 3 aromatic rings. The first-order valence-electron chi connectivity index (χ1n) is 9.53. The van der Waals surface area contributed by atoms with Crippen molar-refractivity contribution in [3.8, 4) is 17.1 Å². The second-order valence-corrected chi connectivity index (χ2v) is 7.17. The number of nitro groups is 1. The van der Waals surface area contributed by atoms with Gasteiger partial charge in [-0.3, -0.25) is 10.1 Å². The molecule has 0 N–H and O–H groups in total. The average Bonchev–Trinajstić information content (AvgIpc) is 3.23. The fourth-order valence-electron chi connectivity index (χ4n) is 3.83. The largest absolute Gasteiger partial charge is 0.496 e. The monoisotopic (exact) mass is 390 g/mol. The van der Waals surface area contributed by atoms with Gasteiger partial charge in [0.15, 0.2) is 5.82 Å². The number of nitrogens with zero attached hydrogens (tertiary/aromatic N) is 4. The molecule has 0 radical (unpaired) electrons. The summed E-state index contributed by atoms with van der Waals surface area (Å²) in [5, 5.41) is 11.1. The van der Waals surface area contributed by atoms with Gasteiger partial charge in [-0.05, 0) is 25.0 Å². The molecule has 2 aromatic carbocycles. The van der Waals surface area contributed by atoms with Crippen LogP contribution in [-0.2, 0) is 0 Å². The van der Waals surface area contributed by atoms with E-state index >= 15 is 0 Å². The van der Waals surface area contributed by atoms with Crippen LogP contribution >= 0.6 is 0 Å². The molecule has 7 nitrogen and oxygen atoms in total.